The van der Waals surface area contributed by atoms with Gasteiger partial charge in [-0.15, -0.1) is 0 Å². The Morgan fingerprint density at radius 2 is 2.45 bits per heavy atom. The van der Waals surface area contributed by atoms with Crippen molar-refractivity contribution in [3.63, 3.8) is 0 Å². The largest absolute Gasteiger partial charge is 0.342 e. The van der Waals surface area contributed by atoms with Crippen LogP contribution in [0.4, 0.5) is 0 Å². The van der Waals surface area contributed by atoms with Crippen molar-refractivity contribution < 1.29 is 9.59 Å². The standard InChI is InChI=1S/C7H10ClNO2/c1-9-5(4-6(8)10)2-3-7(9)11/h5H,2-4H2,1H3/t5-/m1/s1. The van der Waals surface area contributed by atoms with E-state index < -0.39 is 0 Å². The molecular weight excluding hydrogens is 166 g/mol. The molecule has 0 aliphatic carbocycles. The summed E-state index contributed by atoms with van der Waals surface area (Å²) in [4.78, 5) is 23.0. The number of hydrogen-bond acceptors (Lipinski definition) is 2. The number of carbonyl (C=O) groups excluding carboxylic acids is 2. The van der Waals surface area contributed by atoms with Gasteiger partial charge < -0.3 is 4.90 Å². The quantitative estimate of drug-likeness (QED) is 0.582. The minimum absolute atomic E-state index is 0.0347. The van der Waals surface area contributed by atoms with Gasteiger partial charge in [0.15, 0.2) is 0 Å². The predicted octanol–water partition coefficient (Wildman–Crippen LogP) is 0.763. The second-order valence-electron chi connectivity index (χ2n) is 2.76. The second kappa shape index (κ2) is 3.22. The van der Waals surface area contributed by atoms with Gasteiger partial charge in [-0.1, -0.05) is 0 Å². The lowest BCUT2D eigenvalue weighted by Crippen LogP contribution is -2.29. The Kier molecular flexibility index (Phi) is 2.49. The molecule has 1 heterocycles. The summed E-state index contributed by atoms with van der Waals surface area (Å²) in [6.45, 7) is 0. The van der Waals surface area contributed by atoms with Crippen LogP contribution < -0.4 is 0 Å². The smallest absolute Gasteiger partial charge is 0.223 e. The van der Waals surface area contributed by atoms with E-state index in [1.54, 1.807) is 11.9 Å². The molecule has 1 aliphatic heterocycles. The molecule has 0 spiro atoms. The second-order valence-corrected chi connectivity index (χ2v) is 3.18. The van der Waals surface area contributed by atoms with Gasteiger partial charge >= 0.3 is 0 Å². The topological polar surface area (TPSA) is 37.4 Å². The van der Waals surface area contributed by atoms with Crippen LogP contribution in [0.25, 0.3) is 0 Å². The molecule has 1 saturated heterocycles. The summed E-state index contributed by atoms with van der Waals surface area (Å²) in [7, 11) is 1.71. The third kappa shape index (κ3) is 1.93. The molecule has 0 aromatic heterocycles. The van der Waals surface area contributed by atoms with Crippen molar-refractivity contribution in [3.05, 3.63) is 0 Å². The molecule has 3 nitrogen and oxygen atoms in total. The van der Waals surface area contributed by atoms with E-state index in [-0.39, 0.29) is 23.6 Å². The Bertz CT molecular complexity index is 193. The van der Waals surface area contributed by atoms with Gasteiger partial charge in [-0.05, 0) is 18.0 Å². The Hall–Kier alpha value is -0.570. The minimum Gasteiger partial charge on any atom is -0.342 e. The van der Waals surface area contributed by atoms with Crippen LogP contribution in [0.5, 0.6) is 0 Å². The summed E-state index contributed by atoms with van der Waals surface area (Å²) < 4.78 is 0. The van der Waals surface area contributed by atoms with E-state index in [4.69, 9.17) is 11.6 Å². The Balaban J connectivity index is 2.48. The SMILES string of the molecule is CN1C(=O)CC[C@@H]1CC(=O)Cl. The Labute approximate surface area is 70.3 Å². The van der Waals surface area contributed by atoms with Crippen molar-refractivity contribution in [1.82, 2.24) is 4.90 Å². The highest BCUT2D eigenvalue weighted by molar-refractivity contribution is 6.63. The van der Waals surface area contributed by atoms with Crippen LogP contribution >= 0.6 is 11.6 Å². The summed E-state index contributed by atoms with van der Waals surface area (Å²) in [6.07, 6.45) is 1.59. The number of nitrogens with zero attached hydrogens (tertiary/aromatic N) is 1. The fourth-order valence-corrected chi connectivity index (χ4v) is 1.47. The predicted molar refractivity (Wildman–Crippen MR) is 41.3 cm³/mol. The molecular formula is C7H10ClNO2. The molecule has 11 heavy (non-hydrogen) atoms. The molecule has 1 aliphatic rings. The number of likely N-dealkylation sites (tertiary alicyclic amines) is 1. The fourth-order valence-electron chi connectivity index (χ4n) is 1.29. The number of rotatable bonds is 2. The van der Waals surface area contributed by atoms with E-state index in [2.05, 4.69) is 0 Å². The Morgan fingerprint density at radius 3 is 2.82 bits per heavy atom. The Morgan fingerprint density at radius 1 is 1.82 bits per heavy atom. The van der Waals surface area contributed by atoms with Crippen LogP contribution in [0, 0.1) is 0 Å². The summed E-state index contributed by atoms with van der Waals surface area (Å²) >= 11 is 5.19. The molecule has 4 heteroatoms. The number of amides is 1. The molecule has 0 radical (unpaired) electrons. The van der Waals surface area contributed by atoms with E-state index in [9.17, 15) is 9.59 Å². The van der Waals surface area contributed by atoms with Crippen molar-refractivity contribution in [1.29, 1.82) is 0 Å². The van der Waals surface area contributed by atoms with E-state index in [0.29, 0.717) is 6.42 Å². The molecule has 0 saturated carbocycles. The molecule has 0 aromatic rings. The molecule has 0 N–H and O–H groups in total. The van der Waals surface area contributed by atoms with Crippen LogP contribution in [0.3, 0.4) is 0 Å². The van der Waals surface area contributed by atoms with Crippen molar-refractivity contribution in [2.45, 2.75) is 25.3 Å². The highest BCUT2D eigenvalue weighted by atomic mass is 35.5. The molecule has 1 amide bonds. The van der Waals surface area contributed by atoms with Crippen LogP contribution in [-0.2, 0) is 9.59 Å². The van der Waals surface area contributed by atoms with Crippen LogP contribution in [0.1, 0.15) is 19.3 Å². The van der Waals surface area contributed by atoms with E-state index >= 15 is 0 Å². The molecule has 1 rings (SSSR count). The molecule has 62 valence electrons. The molecule has 0 aromatic carbocycles. The van der Waals surface area contributed by atoms with Gasteiger partial charge in [-0.25, -0.2) is 0 Å². The first-order valence-corrected chi connectivity index (χ1v) is 3.93. The maximum Gasteiger partial charge on any atom is 0.223 e. The minimum atomic E-state index is -0.364. The lowest BCUT2D eigenvalue weighted by molar-refractivity contribution is -0.127. The molecule has 0 bridgehead atoms. The first-order chi connectivity index (χ1) is 5.11. The first-order valence-electron chi connectivity index (χ1n) is 3.55. The highest BCUT2D eigenvalue weighted by Gasteiger charge is 2.28. The lowest BCUT2D eigenvalue weighted by atomic mass is 10.2. The fraction of sp³-hybridized carbons (Fsp3) is 0.714. The van der Waals surface area contributed by atoms with Crippen molar-refractivity contribution >= 4 is 22.8 Å². The normalized spacial score (nSPS) is 24.4. The number of carbonyl (C=O) groups is 2. The maximum absolute atomic E-state index is 10.9. The first kappa shape index (κ1) is 8.53. The van der Waals surface area contributed by atoms with Gasteiger partial charge in [0.2, 0.25) is 11.1 Å². The monoisotopic (exact) mass is 175 g/mol. The average molecular weight is 176 g/mol. The molecule has 1 fully saturated rings. The van der Waals surface area contributed by atoms with Gasteiger partial charge in [-0.3, -0.25) is 9.59 Å². The lowest BCUT2D eigenvalue weighted by Gasteiger charge is -2.17. The highest BCUT2D eigenvalue weighted by Crippen LogP contribution is 2.19. The van der Waals surface area contributed by atoms with Crippen LogP contribution in [0.2, 0.25) is 0 Å². The average Bonchev–Trinajstić information content (AvgIpc) is 2.18. The van der Waals surface area contributed by atoms with Gasteiger partial charge in [-0.2, -0.15) is 0 Å². The third-order valence-corrected chi connectivity index (χ3v) is 2.18. The number of hydrogen-bond donors (Lipinski definition) is 0. The number of halogens is 1. The summed E-state index contributed by atoms with van der Waals surface area (Å²) in [5, 5.41) is -0.364. The van der Waals surface area contributed by atoms with Crippen molar-refractivity contribution in [2.75, 3.05) is 7.05 Å². The zero-order valence-electron chi connectivity index (χ0n) is 6.34. The third-order valence-electron chi connectivity index (χ3n) is 2.03. The van der Waals surface area contributed by atoms with E-state index in [1.165, 1.54) is 0 Å². The summed E-state index contributed by atoms with van der Waals surface area (Å²) in [5.74, 6) is 0.105. The summed E-state index contributed by atoms with van der Waals surface area (Å²) in [6, 6.07) is 0.0347. The summed E-state index contributed by atoms with van der Waals surface area (Å²) in [5.41, 5.74) is 0. The van der Waals surface area contributed by atoms with Crippen LogP contribution in [0.15, 0.2) is 0 Å². The van der Waals surface area contributed by atoms with E-state index in [1.807, 2.05) is 0 Å². The van der Waals surface area contributed by atoms with Gasteiger partial charge in [0.05, 0.1) is 0 Å². The van der Waals surface area contributed by atoms with Crippen LogP contribution in [-0.4, -0.2) is 29.1 Å². The van der Waals surface area contributed by atoms with Gasteiger partial charge in [0.1, 0.15) is 0 Å². The van der Waals surface area contributed by atoms with Crippen molar-refractivity contribution in [3.8, 4) is 0 Å². The van der Waals surface area contributed by atoms with Gasteiger partial charge in [0.25, 0.3) is 0 Å². The van der Waals surface area contributed by atoms with E-state index in [0.717, 1.165) is 6.42 Å². The molecule has 0 unspecified atom stereocenters. The molecule has 1 atom stereocenters. The van der Waals surface area contributed by atoms with Gasteiger partial charge in [0, 0.05) is 25.9 Å². The van der Waals surface area contributed by atoms with Crippen molar-refractivity contribution in [2.24, 2.45) is 0 Å². The zero-order chi connectivity index (χ0) is 8.43. The maximum atomic E-state index is 10.9. The zero-order valence-corrected chi connectivity index (χ0v) is 7.10.